The summed E-state index contributed by atoms with van der Waals surface area (Å²) in [6.45, 7) is 8.61. The van der Waals surface area contributed by atoms with Crippen LogP contribution in [0.4, 0.5) is 22.7 Å². The highest BCUT2D eigenvalue weighted by molar-refractivity contribution is 7.81. The van der Waals surface area contributed by atoms with Crippen LogP contribution in [0.5, 0.6) is 11.5 Å². The number of phenols is 2. The summed E-state index contributed by atoms with van der Waals surface area (Å²) in [6.07, 6.45) is 2.56. The summed E-state index contributed by atoms with van der Waals surface area (Å²) in [5.74, 6) is 0.124. The average Bonchev–Trinajstić information content (AvgIpc) is 3.70. The lowest BCUT2D eigenvalue weighted by atomic mass is 10.2. The summed E-state index contributed by atoms with van der Waals surface area (Å²) in [4.78, 5) is 27.2. The summed E-state index contributed by atoms with van der Waals surface area (Å²) in [6, 6.07) is 8.35. The lowest BCUT2D eigenvalue weighted by Crippen LogP contribution is -2.54. The highest BCUT2D eigenvalue weighted by Gasteiger charge is 2.28. The fraction of sp³-hybridized carbons (Fsp3) is 0.600. The molecule has 3 aliphatic heterocycles. The summed E-state index contributed by atoms with van der Waals surface area (Å²) >= 11 is 0. The predicted molar refractivity (Wildman–Crippen MR) is 193 cm³/mol. The van der Waals surface area contributed by atoms with E-state index >= 15 is 0 Å². The van der Waals surface area contributed by atoms with E-state index in [1.54, 1.807) is 0 Å². The number of nitro benzene ring substituents is 2. The third-order valence-corrected chi connectivity index (χ3v) is 9.11. The van der Waals surface area contributed by atoms with Crippen LogP contribution in [0.2, 0.25) is 0 Å². The molecule has 2 N–H and O–H groups in total. The molecule has 0 saturated carbocycles. The van der Waals surface area contributed by atoms with E-state index in [0.717, 1.165) is 91.4 Å². The highest BCUT2D eigenvalue weighted by Crippen LogP contribution is 2.33. The number of piperazine rings is 2. The van der Waals surface area contributed by atoms with Crippen molar-refractivity contribution in [1.82, 2.24) is 4.90 Å². The number of benzene rings is 2. The number of anilines is 2. The molecule has 0 spiro atoms. The molecule has 0 unspecified atom stereocenters. The van der Waals surface area contributed by atoms with Crippen molar-refractivity contribution in [3.8, 4) is 11.5 Å². The van der Waals surface area contributed by atoms with Gasteiger partial charge in [-0.15, -0.1) is 0 Å². The van der Waals surface area contributed by atoms with Crippen molar-refractivity contribution in [3.63, 3.8) is 0 Å². The van der Waals surface area contributed by atoms with Gasteiger partial charge in [-0.1, -0.05) is 0 Å². The molecule has 3 heterocycles. The van der Waals surface area contributed by atoms with Gasteiger partial charge in [0, 0.05) is 63.7 Å². The molecule has 0 atom stereocenters. The van der Waals surface area contributed by atoms with E-state index in [1.807, 2.05) is 16.8 Å². The van der Waals surface area contributed by atoms with Crippen LogP contribution in [-0.4, -0.2) is 159 Å². The van der Waals surface area contributed by atoms with E-state index < -0.39 is 30.6 Å². The molecule has 21 nitrogen and oxygen atoms in total. The van der Waals surface area contributed by atoms with Crippen LogP contribution in [-0.2, 0) is 38.1 Å². The molecule has 0 amide bonds. The second-order valence-electron chi connectivity index (χ2n) is 12.2. The maximum atomic E-state index is 11.0. The Kier molecular flexibility index (Phi) is 19.8. The number of nitro groups is 2. The zero-order valence-electron chi connectivity index (χ0n) is 30.7. The van der Waals surface area contributed by atoms with Gasteiger partial charge in [-0.05, 0) is 32.0 Å². The van der Waals surface area contributed by atoms with Crippen LogP contribution in [0.3, 0.4) is 0 Å². The quantitative estimate of drug-likeness (QED) is 0.133. The molecule has 302 valence electrons. The topological polar surface area (TPSA) is 265 Å². The number of phenolic OH excluding ortho intramolecular Hbond substituents is 2. The Balaban J connectivity index is 0.000000367. The minimum atomic E-state index is -4.41. The lowest BCUT2D eigenvalue weighted by Gasteiger charge is -2.39. The Labute approximate surface area is 310 Å². The highest BCUT2D eigenvalue weighted by atomic mass is 32.3. The molecule has 2 aromatic carbocycles. The zero-order valence-corrected chi connectivity index (χ0v) is 32.3. The first-order chi connectivity index (χ1) is 24.6. The molecule has 0 radical (unpaired) electrons. The number of quaternary nitrogens is 1. The van der Waals surface area contributed by atoms with Crippen LogP contribution >= 0.6 is 0 Å². The Hall–Kier alpha value is -3.94. The second-order valence-corrected chi connectivity index (χ2v) is 14.8. The van der Waals surface area contributed by atoms with Crippen LogP contribution < -0.4 is 9.80 Å². The number of rotatable bonds is 7. The van der Waals surface area contributed by atoms with E-state index in [4.69, 9.17) is 4.74 Å². The maximum Gasteiger partial charge on any atom is 0.399 e. The summed E-state index contributed by atoms with van der Waals surface area (Å²) in [5, 5.41) is 40.9. The van der Waals surface area contributed by atoms with Crippen molar-refractivity contribution in [1.29, 1.82) is 0 Å². The molecular weight excluding hydrogens is 748 g/mol. The molecule has 5 rings (SSSR count). The van der Waals surface area contributed by atoms with E-state index in [0.29, 0.717) is 11.4 Å². The van der Waals surface area contributed by atoms with Crippen LogP contribution in [0.25, 0.3) is 0 Å². The number of hydrogen-bond acceptors (Lipinski definition) is 18. The van der Waals surface area contributed by atoms with Gasteiger partial charge in [-0.2, -0.15) is 8.42 Å². The van der Waals surface area contributed by atoms with E-state index in [2.05, 4.69) is 31.5 Å². The largest absolute Gasteiger partial charge is 0.726 e. The van der Waals surface area contributed by atoms with Crippen LogP contribution in [0, 0.1) is 20.2 Å². The molecular formula is C30H50N6O15S2. The van der Waals surface area contributed by atoms with Gasteiger partial charge >= 0.3 is 10.4 Å². The summed E-state index contributed by atoms with van der Waals surface area (Å²) in [7, 11) is 1.11. The van der Waals surface area contributed by atoms with Gasteiger partial charge in [-0.3, -0.25) is 32.8 Å². The molecule has 0 aromatic heterocycles. The first-order valence-electron chi connectivity index (χ1n) is 16.1. The van der Waals surface area contributed by atoms with E-state index in [-0.39, 0.29) is 22.9 Å². The number of likely N-dealkylation sites (N-methyl/N-ethyl adjacent to an activating group) is 2. The number of ether oxygens (including phenoxy) is 1. The van der Waals surface area contributed by atoms with Gasteiger partial charge in [0.2, 0.25) is 10.4 Å². The summed E-state index contributed by atoms with van der Waals surface area (Å²) < 4.78 is 64.4. The fourth-order valence-electron chi connectivity index (χ4n) is 4.71. The number of nitrogens with zero attached hydrogens (tertiary/aromatic N) is 6. The molecule has 23 heteroatoms. The average molecular weight is 799 g/mol. The van der Waals surface area contributed by atoms with Gasteiger partial charge in [0.25, 0.3) is 11.4 Å². The molecule has 0 aliphatic carbocycles. The zero-order chi connectivity index (χ0) is 40.4. The normalized spacial score (nSPS) is 17.0. The van der Waals surface area contributed by atoms with Gasteiger partial charge < -0.3 is 38.7 Å². The second kappa shape index (κ2) is 22.3. The van der Waals surface area contributed by atoms with Crippen molar-refractivity contribution in [3.05, 3.63) is 56.6 Å². The maximum absolute atomic E-state index is 11.0. The summed E-state index contributed by atoms with van der Waals surface area (Å²) in [5.41, 5.74) is 1.12. The first kappa shape index (κ1) is 47.1. The number of aromatic hydroxyl groups is 2. The molecule has 53 heavy (non-hydrogen) atoms. The van der Waals surface area contributed by atoms with Gasteiger partial charge in [0.05, 0.1) is 71.5 Å². The third-order valence-electron chi connectivity index (χ3n) is 7.89. The monoisotopic (exact) mass is 798 g/mol. The van der Waals surface area contributed by atoms with Crippen molar-refractivity contribution < 1.29 is 63.2 Å². The molecule has 3 aliphatic rings. The van der Waals surface area contributed by atoms with Crippen molar-refractivity contribution in [2.24, 2.45) is 0 Å². The molecule has 0 bridgehead atoms. The van der Waals surface area contributed by atoms with E-state index in [1.165, 1.54) is 49.2 Å². The van der Waals surface area contributed by atoms with E-state index in [9.17, 15) is 51.8 Å². The molecule has 3 fully saturated rings. The lowest BCUT2D eigenvalue weighted by molar-refractivity contribution is -0.890. The third kappa shape index (κ3) is 18.6. The van der Waals surface area contributed by atoms with Crippen molar-refractivity contribution >= 4 is 43.5 Å². The Bertz CT molecular complexity index is 1640. The van der Waals surface area contributed by atoms with Crippen LogP contribution in [0.1, 0.15) is 12.8 Å². The van der Waals surface area contributed by atoms with Gasteiger partial charge in [-0.25, -0.2) is 8.42 Å². The Morgan fingerprint density at radius 1 is 0.717 bits per heavy atom. The standard InChI is InChI=1S/C12H17N3O3.C11H15N3O3.C4H8O.C2H6O4S.CH4O4S/c1-15(2)7-5-13(6-8-15)12-9-10(16)3-4-11(12)14(17)18;1-12-4-6-13(7-5-12)11-8-9(15)2-3-10(11)14(16)17;1-2-4-5-3-1;1-5-7(3,4)6-2;1-5-6(2,3)4/h3-4,9H,5-8H2,1-2H3;2-3,8,15H,4-7H2,1H3;1-4H2;1-2H3;1H3,(H,2,3,4). The molecule has 2 aromatic rings. The number of hydrogen-bond donors (Lipinski definition) is 2. The first-order valence-corrected chi connectivity index (χ1v) is 18.7. The SMILES string of the molecule is C1CCOC1.CN1CCN(c2cc(O)ccc2[N+](=O)[O-])CC1.COS(=O)(=O)OC.COS(=O)(=O)[O-].C[N+]1(C)CCN(c2cc(O)ccc2[N+](=O)[O-])CC1. The Morgan fingerprint density at radius 2 is 1.09 bits per heavy atom. The van der Waals surface area contributed by atoms with Gasteiger partial charge in [0.1, 0.15) is 22.9 Å². The predicted octanol–water partition coefficient (Wildman–Crippen LogP) is 1.66. The molecule has 3 saturated heterocycles. The minimum absolute atomic E-state index is 0.0485. The Morgan fingerprint density at radius 3 is 1.38 bits per heavy atom. The van der Waals surface area contributed by atoms with Crippen molar-refractivity contribution in [2.75, 3.05) is 118 Å². The van der Waals surface area contributed by atoms with Crippen LogP contribution in [0.15, 0.2) is 36.4 Å². The minimum Gasteiger partial charge on any atom is -0.726 e. The fourth-order valence-corrected chi connectivity index (χ4v) is 4.85. The van der Waals surface area contributed by atoms with Crippen molar-refractivity contribution in [2.45, 2.75) is 12.8 Å². The van der Waals surface area contributed by atoms with Gasteiger partial charge in [0.15, 0.2) is 0 Å². The smallest absolute Gasteiger partial charge is 0.399 e.